The second-order valence-corrected chi connectivity index (χ2v) is 8.31. The molecule has 0 saturated heterocycles. The zero-order valence-corrected chi connectivity index (χ0v) is 19.4. The summed E-state index contributed by atoms with van der Waals surface area (Å²) in [4.78, 5) is 22.8. The highest BCUT2D eigenvalue weighted by molar-refractivity contribution is 5.79. The Bertz CT molecular complexity index is 456. The van der Waals surface area contributed by atoms with Gasteiger partial charge in [0.25, 0.3) is 0 Å². The largest absolute Gasteiger partial charge is 0.481 e. The van der Waals surface area contributed by atoms with Crippen LogP contribution >= 0.6 is 0 Å². The number of carboxylic acid groups (broad SMARTS) is 1. The summed E-state index contributed by atoms with van der Waals surface area (Å²) in [6, 6.07) is 0. The van der Waals surface area contributed by atoms with Crippen molar-refractivity contribution in [2.24, 2.45) is 5.92 Å². The van der Waals surface area contributed by atoms with Crippen molar-refractivity contribution < 1.29 is 19.4 Å². The maximum atomic E-state index is 11.9. The first kappa shape index (κ1) is 28.4. The minimum absolute atomic E-state index is 0.123. The number of hydrogen-bond donors (Lipinski definition) is 1. The summed E-state index contributed by atoms with van der Waals surface area (Å²) < 4.78 is 4.98. The Morgan fingerprint density at radius 3 is 1.80 bits per heavy atom. The molecule has 0 radical (unpaired) electrons. The highest BCUT2D eigenvalue weighted by Gasteiger charge is 2.21. The zero-order valence-electron chi connectivity index (χ0n) is 19.4. The van der Waals surface area contributed by atoms with Gasteiger partial charge in [-0.2, -0.15) is 0 Å². The number of hydrogen-bond acceptors (Lipinski definition) is 3. The topological polar surface area (TPSA) is 63.6 Å². The van der Waals surface area contributed by atoms with Crippen molar-refractivity contribution in [3.63, 3.8) is 0 Å². The number of esters is 1. The van der Waals surface area contributed by atoms with Gasteiger partial charge in [0, 0.05) is 0 Å². The summed E-state index contributed by atoms with van der Waals surface area (Å²) in [6.45, 7) is 5.89. The predicted molar refractivity (Wildman–Crippen MR) is 126 cm³/mol. The first-order chi connectivity index (χ1) is 14.6. The first-order valence-electron chi connectivity index (χ1n) is 12.3. The van der Waals surface area contributed by atoms with E-state index in [1.165, 1.54) is 89.5 Å². The van der Waals surface area contributed by atoms with Gasteiger partial charge in [-0.3, -0.25) is 9.59 Å². The number of allylic oxidation sites excluding steroid dienone is 2. The fourth-order valence-corrected chi connectivity index (χ4v) is 3.57. The van der Waals surface area contributed by atoms with Crippen molar-refractivity contribution in [1.29, 1.82) is 0 Å². The highest BCUT2D eigenvalue weighted by Crippen LogP contribution is 2.15. The SMILES string of the molecule is C=CCOC(=O)C(C/C=C/CCCCCCCCCCCCCCCC)CC(=O)O. The number of rotatable bonds is 22. The fourth-order valence-electron chi connectivity index (χ4n) is 3.57. The number of aliphatic carboxylic acids is 1. The third-order valence-corrected chi connectivity index (χ3v) is 5.41. The monoisotopic (exact) mass is 422 g/mol. The summed E-state index contributed by atoms with van der Waals surface area (Å²) >= 11 is 0. The van der Waals surface area contributed by atoms with Gasteiger partial charge in [0.15, 0.2) is 0 Å². The second kappa shape index (κ2) is 22.1. The highest BCUT2D eigenvalue weighted by atomic mass is 16.5. The van der Waals surface area contributed by atoms with Crippen LogP contribution in [0.2, 0.25) is 0 Å². The van der Waals surface area contributed by atoms with E-state index in [9.17, 15) is 9.59 Å². The lowest BCUT2D eigenvalue weighted by Gasteiger charge is -2.11. The molecule has 1 unspecified atom stereocenters. The minimum atomic E-state index is -0.976. The van der Waals surface area contributed by atoms with E-state index in [1.54, 1.807) is 0 Å². The lowest BCUT2D eigenvalue weighted by atomic mass is 10.0. The Labute approximate surface area is 185 Å². The quantitative estimate of drug-likeness (QED) is 0.111. The molecule has 4 heteroatoms. The normalized spacial score (nSPS) is 12.2. The Balaban J connectivity index is 3.57. The molecule has 0 fully saturated rings. The number of unbranched alkanes of at least 4 members (excludes halogenated alkanes) is 14. The van der Waals surface area contributed by atoms with Crippen molar-refractivity contribution >= 4 is 11.9 Å². The number of carboxylic acids is 1. The number of carbonyl (C=O) groups is 2. The average molecular weight is 423 g/mol. The third kappa shape index (κ3) is 19.7. The molecular weight excluding hydrogens is 376 g/mol. The van der Waals surface area contributed by atoms with Gasteiger partial charge in [-0.05, 0) is 19.3 Å². The summed E-state index contributed by atoms with van der Waals surface area (Å²) in [7, 11) is 0. The molecule has 0 bridgehead atoms. The van der Waals surface area contributed by atoms with Gasteiger partial charge < -0.3 is 9.84 Å². The summed E-state index contributed by atoms with van der Waals surface area (Å²) in [5.74, 6) is -2.05. The third-order valence-electron chi connectivity index (χ3n) is 5.41. The van der Waals surface area contributed by atoms with Crippen LogP contribution in [0.15, 0.2) is 24.8 Å². The molecule has 0 aromatic heterocycles. The molecule has 4 nitrogen and oxygen atoms in total. The second-order valence-electron chi connectivity index (χ2n) is 8.31. The van der Waals surface area contributed by atoms with Crippen LogP contribution in [0.25, 0.3) is 0 Å². The van der Waals surface area contributed by atoms with Crippen LogP contribution in [0.1, 0.15) is 116 Å². The van der Waals surface area contributed by atoms with E-state index >= 15 is 0 Å². The summed E-state index contributed by atoms with van der Waals surface area (Å²) in [5, 5.41) is 8.95. The Morgan fingerprint density at radius 1 is 0.833 bits per heavy atom. The lowest BCUT2D eigenvalue weighted by Crippen LogP contribution is -2.20. The van der Waals surface area contributed by atoms with Crippen molar-refractivity contribution in [3.8, 4) is 0 Å². The van der Waals surface area contributed by atoms with Gasteiger partial charge in [-0.25, -0.2) is 0 Å². The zero-order chi connectivity index (χ0) is 22.3. The molecule has 0 heterocycles. The van der Waals surface area contributed by atoms with Gasteiger partial charge in [-0.1, -0.05) is 115 Å². The molecule has 0 aliphatic rings. The first-order valence-corrected chi connectivity index (χ1v) is 12.3. The van der Waals surface area contributed by atoms with Crippen molar-refractivity contribution in [2.45, 2.75) is 116 Å². The number of carbonyl (C=O) groups excluding carboxylic acids is 1. The van der Waals surface area contributed by atoms with Gasteiger partial charge in [0.2, 0.25) is 0 Å². The van der Waals surface area contributed by atoms with E-state index < -0.39 is 17.9 Å². The smallest absolute Gasteiger partial charge is 0.310 e. The van der Waals surface area contributed by atoms with Crippen LogP contribution < -0.4 is 0 Å². The van der Waals surface area contributed by atoms with Gasteiger partial charge in [-0.15, -0.1) is 0 Å². The van der Waals surface area contributed by atoms with Crippen LogP contribution in [0.5, 0.6) is 0 Å². The van der Waals surface area contributed by atoms with Crippen LogP contribution in [-0.4, -0.2) is 23.7 Å². The molecule has 0 saturated carbocycles. The standard InChI is InChI=1S/C26H46O4/c1-3-5-6-7-8-9-10-11-12-13-14-15-16-17-18-19-20-21-24(23-25(27)28)26(29)30-22-4-2/h4,19-20,24H,2-3,5-18,21-23H2,1H3,(H,27,28)/b20-19+. The van der Waals surface area contributed by atoms with Gasteiger partial charge in [0.05, 0.1) is 12.3 Å². The molecule has 0 aromatic carbocycles. The maximum Gasteiger partial charge on any atom is 0.310 e. The molecule has 1 atom stereocenters. The molecule has 174 valence electrons. The Morgan fingerprint density at radius 2 is 1.33 bits per heavy atom. The van der Waals surface area contributed by atoms with Gasteiger partial charge in [0.1, 0.15) is 6.61 Å². The van der Waals surface area contributed by atoms with Crippen LogP contribution in [0.3, 0.4) is 0 Å². The van der Waals surface area contributed by atoms with E-state index in [0.29, 0.717) is 6.42 Å². The van der Waals surface area contributed by atoms with E-state index in [1.807, 2.05) is 6.08 Å². The molecule has 0 spiro atoms. The predicted octanol–water partition coefficient (Wildman–Crippen LogP) is 7.62. The van der Waals surface area contributed by atoms with E-state index in [2.05, 4.69) is 19.6 Å². The Hall–Kier alpha value is -1.58. The summed E-state index contributed by atoms with van der Waals surface area (Å²) in [6.07, 6.45) is 25.6. The fraction of sp³-hybridized carbons (Fsp3) is 0.769. The van der Waals surface area contributed by atoms with E-state index in [0.717, 1.165) is 12.8 Å². The van der Waals surface area contributed by atoms with Crippen molar-refractivity contribution in [3.05, 3.63) is 24.8 Å². The van der Waals surface area contributed by atoms with Crippen molar-refractivity contribution in [2.75, 3.05) is 6.61 Å². The molecule has 0 aliphatic carbocycles. The van der Waals surface area contributed by atoms with E-state index in [4.69, 9.17) is 9.84 Å². The molecular formula is C26H46O4. The van der Waals surface area contributed by atoms with E-state index in [-0.39, 0.29) is 13.0 Å². The molecule has 1 N–H and O–H groups in total. The number of ether oxygens (including phenoxy) is 1. The molecule has 0 rings (SSSR count). The average Bonchev–Trinajstić information content (AvgIpc) is 2.73. The van der Waals surface area contributed by atoms with Crippen LogP contribution in [0, 0.1) is 5.92 Å². The minimum Gasteiger partial charge on any atom is -0.481 e. The maximum absolute atomic E-state index is 11.9. The van der Waals surface area contributed by atoms with Gasteiger partial charge >= 0.3 is 11.9 Å². The van der Waals surface area contributed by atoms with Crippen LogP contribution in [-0.2, 0) is 14.3 Å². The van der Waals surface area contributed by atoms with Crippen LogP contribution in [0.4, 0.5) is 0 Å². The van der Waals surface area contributed by atoms with Crippen molar-refractivity contribution in [1.82, 2.24) is 0 Å². The molecule has 30 heavy (non-hydrogen) atoms. The Kier molecular flexibility index (Phi) is 20.9. The lowest BCUT2D eigenvalue weighted by molar-refractivity contribution is -0.152. The summed E-state index contributed by atoms with van der Waals surface area (Å²) in [5.41, 5.74) is 0. The molecule has 0 aromatic rings. The molecule has 0 amide bonds. The molecule has 0 aliphatic heterocycles.